The predicted octanol–water partition coefficient (Wildman–Crippen LogP) is 3.14. The fourth-order valence-electron chi connectivity index (χ4n) is 2.04. The van der Waals surface area contributed by atoms with E-state index in [1.54, 1.807) is 26.0 Å². The molecule has 118 valence electrons. The van der Waals surface area contributed by atoms with Gasteiger partial charge in [-0.05, 0) is 6.92 Å². The molecular formula is C15H17ClN2O4. The minimum absolute atomic E-state index is 0.0841. The normalized spacial score (nSPS) is 10.4. The average molecular weight is 325 g/mol. The predicted molar refractivity (Wildman–Crippen MR) is 82.9 cm³/mol. The van der Waals surface area contributed by atoms with Crippen molar-refractivity contribution in [2.75, 3.05) is 19.5 Å². The highest BCUT2D eigenvalue weighted by atomic mass is 35.5. The van der Waals surface area contributed by atoms with E-state index in [0.29, 0.717) is 39.6 Å². The number of aryl methyl sites for hydroxylation is 2. The molecule has 0 unspecified atom stereocenters. The standard InChI is InChI=1S/C15H17ClN2O4/c1-8-12(22-9(2)17-8)7-15(19)18-11-6-13(20-3)10(16)5-14(11)21-4/h5-6H,7H2,1-4H3,(H,18,19). The molecule has 1 N–H and O–H groups in total. The maximum absolute atomic E-state index is 12.2. The second-order valence-corrected chi connectivity index (χ2v) is 5.06. The maximum Gasteiger partial charge on any atom is 0.232 e. The molecule has 0 aliphatic carbocycles. The number of halogens is 1. The number of hydrogen-bond donors (Lipinski definition) is 1. The monoisotopic (exact) mass is 324 g/mol. The van der Waals surface area contributed by atoms with Crippen molar-refractivity contribution < 1.29 is 18.7 Å². The van der Waals surface area contributed by atoms with Crippen LogP contribution >= 0.6 is 11.6 Å². The van der Waals surface area contributed by atoms with Crippen LogP contribution in [0.4, 0.5) is 5.69 Å². The number of aromatic nitrogens is 1. The summed E-state index contributed by atoms with van der Waals surface area (Å²) in [5, 5.41) is 3.16. The van der Waals surface area contributed by atoms with Gasteiger partial charge in [-0.2, -0.15) is 0 Å². The number of ether oxygens (including phenoxy) is 2. The molecule has 0 atom stereocenters. The molecule has 0 saturated heterocycles. The van der Waals surface area contributed by atoms with Gasteiger partial charge >= 0.3 is 0 Å². The van der Waals surface area contributed by atoms with E-state index in [4.69, 9.17) is 25.5 Å². The van der Waals surface area contributed by atoms with E-state index >= 15 is 0 Å². The summed E-state index contributed by atoms with van der Waals surface area (Å²) in [6.07, 6.45) is 0.0841. The number of rotatable bonds is 5. The van der Waals surface area contributed by atoms with E-state index in [0.717, 1.165) is 0 Å². The van der Waals surface area contributed by atoms with Crippen LogP contribution in [0.2, 0.25) is 5.02 Å². The number of carbonyl (C=O) groups is 1. The molecule has 0 aliphatic heterocycles. The lowest BCUT2D eigenvalue weighted by molar-refractivity contribution is -0.115. The van der Waals surface area contributed by atoms with Crippen molar-refractivity contribution in [3.63, 3.8) is 0 Å². The molecule has 1 amide bonds. The maximum atomic E-state index is 12.2. The zero-order chi connectivity index (χ0) is 16.3. The SMILES string of the molecule is COc1cc(NC(=O)Cc2oc(C)nc2C)c(OC)cc1Cl. The molecule has 0 spiro atoms. The van der Waals surface area contributed by atoms with Crippen molar-refractivity contribution in [1.82, 2.24) is 4.98 Å². The van der Waals surface area contributed by atoms with Crippen LogP contribution in [0.25, 0.3) is 0 Å². The van der Waals surface area contributed by atoms with E-state index in [2.05, 4.69) is 10.3 Å². The van der Waals surface area contributed by atoms with E-state index in [1.165, 1.54) is 14.2 Å². The van der Waals surface area contributed by atoms with E-state index in [-0.39, 0.29) is 12.3 Å². The fourth-order valence-corrected chi connectivity index (χ4v) is 2.27. The Hall–Kier alpha value is -2.21. The molecule has 0 fully saturated rings. The summed E-state index contributed by atoms with van der Waals surface area (Å²) >= 11 is 6.03. The molecule has 6 nitrogen and oxygen atoms in total. The molecule has 1 aromatic carbocycles. The van der Waals surface area contributed by atoms with Gasteiger partial charge in [0.2, 0.25) is 5.91 Å². The molecule has 22 heavy (non-hydrogen) atoms. The van der Waals surface area contributed by atoms with Crippen LogP contribution in [-0.2, 0) is 11.2 Å². The van der Waals surface area contributed by atoms with Crippen LogP contribution in [0.3, 0.4) is 0 Å². The Kier molecular flexibility index (Phi) is 4.92. The number of oxazole rings is 1. The number of benzene rings is 1. The van der Waals surface area contributed by atoms with Crippen molar-refractivity contribution in [2.45, 2.75) is 20.3 Å². The lowest BCUT2D eigenvalue weighted by Crippen LogP contribution is -2.15. The van der Waals surface area contributed by atoms with Crippen molar-refractivity contribution >= 4 is 23.2 Å². The van der Waals surface area contributed by atoms with Gasteiger partial charge in [0, 0.05) is 19.1 Å². The first-order valence-electron chi connectivity index (χ1n) is 6.59. The molecule has 0 radical (unpaired) electrons. The Balaban J connectivity index is 2.19. The molecule has 7 heteroatoms. The molecule has 0 aliphatic rings. The first kappa shape index (κ1) is 16.2. The first-order chi connectivity index (χ1) is 10.4. The van der Waals surface area contributed by atoms with Crippen LogP contribution in [0.15, 0.2) is 16.5 Å². The van der Waals surface area contributed by atoms with E-state index in [9.17, 15) is 4.79 Å². The van der Waals surface area contributed by atoms with Gasteiger partial charge in [-0.1, -0.05) is 11.6 Å². The van der Waals surface area contributed by atoms with Crippen molar-refractivity contribution in [3.05, 3.63) is 34.5 Å². The third kappa shape index (κ3) is 3.51. The van der Waals surface area contributed by atoms with Gasteiger partial charge in [0.15, 0.2) is 5.89 Å². The summed E-state index contributed by atoms with van der Waals surface area (Å²) in [6, 6.07) is 3.19. The zero-order valence-corrected chi connectivity index (χ0v) is 13.6. The largest absolute Gasteiger partial charge is 0.495 e. The highest BCUT2D eigenvalue weighted by molar-refractivity contribution is 6.32. The number of nitrogens with one attached hydrogen (secondary N) is 1. The lowest BCUT2D eigenvalue weighted by atomic mass is 10.2. The van der Waals surface area contributed by atoms with Gasteiger partial charge in [-0.3, -0.25) is 4.79 Å². The Morgan fingerprint density at radius 3 is 2.50 bits per heavy atom. The topological polar surface area (TPSA) is 73.6 Å². The molecule has 1 heterocycles. The third-order valence-electron chi connectivity index (χ3n) is 3.07. The second kappa shape index (κ2) is 6.70. The molecule has 1 aromatic heterocycles. The summed E-state index contributed by atoms with van der Waals surface area (Å²) in [5.74, 6) is 1.72. The lowest BCUT2D eigenvalue weighted by Gasteiger charge is -2.12. The molecule has 0 bridgehead atoms. The Morgan fingerprint density at radius 2 is 1.95 bits per heavy atom. The fraction of sp³-hybridized carbons (Fsp3) is 0.333. The van der Waals surface area contributed by atoms with Gasteiger partial charge < -0.3 is 19.2 Å². The Labute approximate surface area is 133 Å². The minimum atomic E-state index is -0.248. The van der Waals surface area contributed by atoms with Crippen molar-refractivity contribution in [1.29, 1.82) is 0 Å². The van der Waals surface area contributed by atoms with Gasteiger partial charge in [-0.25, -0.2) is 4.98 Å². The third-order valence-corrected chi connectivity index (χ3v) is 3.36. The van der Waals surface area contributed by atoms with Crippen molar-refractivity contribution in [3.8, 4) is 11.5 Å². The summed E-state index contributed by atoms with van der Waals surface area (Å²) in [6.45, 7) is 3.53. The van der Waals surface area contributed by atoms with E-state index in [1.807, 2.05) is 0 Å². The highest BCUT2D eigenvalue weighted by Gasteiger charge is 2.15. The smallest absolute Gasteiger partial charge is 0.232 e. The highest BCUT2D eigenvalue weighted by Crippen LogP contribution is 2.35. The summed E-state index contributed by atoms with van der Waals surface area (Å²) in [4.78, 5) is 16.3. The van der Waals surface area contributed by atoms with Gasteiger partial charge in [0.25, 0.3) is 0 Å². The number of nitrogens with zero attached hydrogens (tertiary/aromatic N) is 1. The first-order valence-corrected chi connectivity index (χ1v) is 6.96. The summed E-state index contributed by atoms with van der Waals surface area (Å²) in [5.41, 5.74) is 1.18. The number of hydrogen-bond acceptors (Lipinski definition) is 5. The van der Waals surface area contributed by atoms with E-state index < -0.39 is 0 Å². The summed E-state index contributed by atoms with van der Waals surface area (Å²) in [7, 11) is 3.00. The van der Waals surface area contributed by atoms with Crippen LogP contribution in [-0.4, -0.2) is 25.1 Å². The van der Waals surface area contributed by atoms with Gasteiger partial charge in [0.05, 0.1) is 37.0 Å². The number of amides is 1. The van der Waals surface area contributed by atoms with Crippen molar-refractivity contribution in [2.24, 2.45) is 0 Å². The van der Waals surface area contributed by atoms with Crippen LogP contribution in [0, 0.1) is 13.8 Å². The van der Waals surface area contributed by atoms with Gasteiger partial charge in [0.1, 0.15) is 17.3 Å². The quantitative estimate of drug-likeness (QED) is 0.914. The van der Waals surface area contributed by atoms with Crippen LogP contribution in [0.1, 0.15) is 17.3 Å². The van der Waals surface area contributed by atoms with Crippen LogP contribution < -0.4 is 14.8 Å². The second-order valence-electron chi connectivity index (χ2n) is 4.65. The number of anilines is 1. The molecule has 0 saturated carbocycles. The molecule has 2 rings (SSSR count). The molecule has 2 aromatic rings. The summed E-state index contributed by atoms with van der Waals surface area (Å²) < 4.78 is 15.7. The zero-order valence-electron chi connectivity index (χ0n) is 12.8. The van der Waals surface area contributed by atoms with Gasteiger partial charge in [-0.15, -0.1) is 0 Å². The molecular weight excluding hydrogens is 308 g/mol. The number of methoxy groups -OCH3 is 2. The average Bonchev–Trinajstić information content (AvgIpc) is 2.78. The Bertz CT molecular complexity index is 697. The van der Waals surface area contributed by atoms with Crippen LogP contribution in [0.5, 0.6) is 11.5 Å². The Morgan fingerprint density at radius 1 is 1.27 bits per heavy atom. The minimum Gasteiger partial charge on any atom is -0.495 e. The number of carbonyl (C=O) groups excluding carboxylic acids is 1.